The Bertz CT molecular complexity index is 1570. The van der Waals surface area contributed by atoms with Crippen LogP contribution in [-0.4, -0.2) is 40.5 Å². The van der Waals surface area contributed by atoms with E-state index in [4.69, 9.17) is 0 Å². The summed E-state index contributed by atoms with van der Waals surface area (Å²) in [5.41, 5.74) is 6.15. The van der Waals surface area contributed by atoms with Gasteiger partial charge < -0.3 is 14.6 Å². The van der Waals surface area contributed by atoms with E-state index in [1.807, 2.05) is 6.20 Å². The van der Waals surface area contributed by atoms with Crippen molar-refractivity contribution in [1.82, 2.24) is 19.0 Å². The number of nitrogens with one attached hydrogen (secondary N) is 2. The standard InChI is InChI=1S/C36H45F2N5S2/c1-5-25(6-2)27-14-16-42(17-15-27)29-9-7-26(8-10-29)28-19-30-31(21-40-36(30)39-20-28)24(4)34-32(37)11-12-33(35(34)44-38)41-45-43-18-13-23(3)22-43/h7-10,19-21,23,25,27,41H,4-6,11-18,22H2,1-3H3,(H,39,40). The highest BCUT2D eigenvalue weighted by atomic mass is 32.2. The van der Waals surface area contributed by atoms with Gasteiger partial charge >= 0.3 is 0 Å². The molecule has 0 saturated carbocycles. The molecule has 6 rings (SSSR count). The fourth-order valence-electron chi connectivity index (χ4n) is 7.32. The van der Waals surface area contributed by atoms with E-state index < -0.39 is 0 Å². The Labute approximate surface area is 275 Å². The van der Waals surface area contributed by atoms with Crippen LogP contribution in [-0.2, 0) is 0 Å². The molecule has 45 heavy (non-hydrogen) atoms. The maximum absolute atomic E-state index is 15.5. The van der Waals surface area contributed by atoms with Gasteiger partial charge in [0.15, 0.2) is 0 Å². The summed E-state index contributed by atoms with van der Waals surface area (Å²) in [6, 6.07) is 10.8. The molecule has 4 heterocycles. The number of aromatic amines is 1. The molecule has 240 valence electrons. The van der Waals surface area contributed by atoms with Gasteiger partial charge in [0, 0.05) is 90.6 Å². The molecule has 1 atom stereocenters. The summed E-state index contributed by atoms with van der Waals surface area (Å²) < 4.78 is 35.5. The average Bonchev–Trinajstić information content (AvgIpc) is 3.70. The van der Waals surface area contributed by atoms with Crippen molar-refractivity contribution in [2.75, 3.05) is 31.1 Å². The van der Waals surface area contributed by atoms with Crippen LogP contribution in [0.15, 0.2) is 71.3 Å². The first kappa shape index (κ1) is 32.2. The molecule has 1 aliphatic carbocycles. The first-order chi connectivity index (χ1) is 21.9. The van der Waals surface area contributed by atoms with Crippen LogP contribution in [0.25, 0.3) is 27.7 Å². The van der Waals surface area contributed by atoms with E-state index in [2.05, 4.69) is 81.6 Å². The topological polar surface area (TPSA) is 47.2 Å². The lowest BCUT2D eigenvalue weighted by molar-refractivity contribution is 0.260. The molecule has 3 aliphatic rings. The Morgan fingerprint density at radius 3 is 2.51 bits per heavy atom. The molecule has 2 N–H and O–H groups in total. The largest absolute Gasteiger partial charge is 0.372 e. The van der Waals surface area contributed by atoms with Crippen molar-refractivity contribution in [3.05, 3.63) is 76.9 Å². The average molecular weight is 650 g/mol. The Balaban J connectivity index is 1.20. The molecule has 0 bridgehead atoms. The summed E-state index contributed by atoms with van der Waals surface area (Å²) in [6.45, 7) is 15.4. The fourth-order valence-corrected chi connectivity index (χ4v) is 8.91. The number of anilines is 1. The van der Waals surface area contributed by atoms with Gasteiger partial charge in [-0.2, -0.15) is 3.89 Å². The number of nitrogens with zero attached hydrogens (tertiary/aromatic N) is 3. The molecular formula is C36H45F2N5S2. The van der Waals surface area contributed by atoms with Crippen LogP contribution >= 0.6 is 24.3 Å². The van der Waals surface area contributed by atoms with E-state index in [1.165, 1.54) is 43.5 Å². The van der Waals surface area contributed by atoms with Crippen molar-refractivity contribution in [1.29, 1.82) is 0 Å². The number of halogens is 2. The summed E-state index contributed by atoms with van der Waals surface area (Å²) in [7, 11) is 0. The zero-order valence-corrected chi connectivity index (χ0v) is 28.3. The van der Waals surface area contributed by atoms with Gasteiger partial charge in [-0.25, -0.2) is 13.7 Å². The van der Waals surface area contributed by atoms with Gasteiger partial charge in [0.25, 0.3) is 0 Å². The molecule has 2 aromatic heterocycles. The van der Waals surface area contributed by atoms with Gasteiger partial charge in [0.1, 0.15) is 11.5 Å². The number of fused-ring (bicyclic) bond motifs is 1. The maximum Gasteiger partial charge on any atom is 0.137 e. The minimum absolute atomic E-state index is 0.0930. The smallest absolute Gasteiger partial charge is 0.137 e. The van der Waals surface area contributed by atoms with Crippen LogP contribution < -0.4 is 9.62 Å². The highest BCUT2D eigenvalue weighted by molar-refractivity contribution is 7.98. The summed E-state index contributed by atoms with van der Waals surface area (Å²) in [4.78, 5) is 10.7. The van der Waals surface area contributed by atoms with Gasteiger partial charge in [-0.15, -0.1) is 0 Å². The second-order valence-electron chi connectivity index (χ2n) is 12.9. The van der Waals surface area contributed by atoms with Gasteiger partial charge in [-0.3, -0.25) is 0 Å². The number of pyridine rings is 1. The molecule has 3 aromatic rings. The van der Waals surface area contributed by atoms with Gasteiger partial charge in [-0.05, 0) is 72.8 Å². The lowest BCUT2D eigenvalue weighted by atomic mass is 9.81. The quantitative estimate of drug-likeness (QED) is 0.202. The van der Waals surface area contributed by atoms with Gasteiger partial charge in [0.05, 0.1) is 17.1 Å². The number of hydrogen-bond acceptors (Lipinski definition) is 6. The summed E-state index contributed by atoms with van der Waals surface area (Å²) in [6.07, 6.45) is 10.5. The number of rotatable bonds is 11. The Morgan fingerprint density at radius 2 is 1.84 bits per heavy atom. The van der Waals surface area contributed by atoms with Crippen LogP contribution in [0.2, 0.25) is 0 Å². The summed E-state index contributed by atoms with van der Waals surface area (Å²) in [5.74, 6) is 2.00. The lowest BCUT2D eigenvalue weighted by Gasteiger charge is -2.37. The van der Waals surface area contributed by atoms with E-state index in [0.29, 0.717) is 29.3 Å². The predicted molar refractivity (Wildman–Crippen MR) is 189 cm³/mol. The van der Waals surface area contributed by atoms with Crippen molar-refractivity contribution < 1.29 is 8.28 Å². The van der Waals surface area contributed by atoms with E-state index in [-0.39, 0.29) is 34.9 Å². The van der Waals surface area contributed by atoms with E-state index in [1.54, 1.807) is 6.20 Å². The molecule has 9 heteroatoms. The van der Waals surface area contributed by atoms with Crippen molar-refractivity contribution in [2.24, 2.45) is 17.8 Å². The molecule has 5 nitrogen and oxygen atoms in total. The van der Waals surface area contributed by atoms with Crippen molar-refractivity contribution in [2.45, 2.75) is 65.7 Å². The normalized spacial score (nSPS) is 20.2. The van der Waals surface area contributed by atoms with Crippen LogP contribution in [0.5, 0.6) is 0 Å². The van der Waals surface area contributed by atoms with Gasteiger partial charge in [0.2, 0.25) is 0 Å². The van der Waals surface area contributed by atoms with Crippen LogP contribution in [0.4, 0.5) is 14.0 Å². The fraction of sp³-hybridized carbons (Fsp3) is 0.472. The molecule has 2 fully saturated rings. The molecule has 2 aliphatic heterocycles. The SMILES string of the molecule is C=C(C1=C(F)CCC(NSN2CCC(C)C2)=C1SF)c1c[nH]c2ncc(-c3ccc(N4CCC(C(CC)CC)CC4)cc3)cc12. The summed E-state index contributed by atoms with van der Waals surface area (Å²) >= 11 is 1.59. The predicted octanol–water partition coefficient (Wildman–Crippen LogP) is 10.2. The number of hydrogen-bond donors (Lipinski definition) is 2. The Kier molecular flexibility index (Phi) is 10.3. The zero-order chi connectivity index (χ0) is 31.5. The first-order valence-electron chi connectivity index (χ1n) is 16.5. The highest BCUT2D eigenvalue weighted by Crippen LogP contribution is 2.45. The number of H-pyrrole nitrogens is 1. The molecule has 1 aromatic carbocycles. The molecule has 2 saturated heterocycles. The monoisotopic (exact) mass is 649 g/mol. The Hall–Kier alpha value is -2.75. The second kappa shape index (κ2) is 14.3. The van der Waals surface area contributed by atoms with Crippen molar-refractivity contribution >= 4 is 46.6 Å². The number of benzene rings is 1. The molecular weight excluding hydrogens is 605 g/mol. The van der Waals surface area contributed by atoms with Crippen molar-refractivity contribution in [3.63, 3.8) is 0 Å². The molecule has 0 spiro atoms. The molecule has 0 radical (unpaired) electrons. The second-order valence-corrected chi connectivity index (χ2v) is 14.4. The number of aromatic nitrogens is 2. The van der Waals surface area contributed by atoms with Crippen molar-refractivity contribution in [3.8, 4) is 11.1 Å². The van der Waals surface area contributed by atoms with E-state index in [9.17, 15) is 3.89 Å². The maximum atomic E-state index is 15.5. The number of piperidine rings is 1. The van der Waals surface area contributed by atoms with Crippen LogP contribution in [0.1, 0.15) is 71.3 Å². The summed E-state index contributed by atoms with van der Waals surface area (Å²) in [5, 5.41) is 0.842. The minimum atomic E-state index is -0.330. The molecule has 0 amide bonds. The van der Waals surface area contributed by atoms with Gasteiger partial charge in [-0.1, -0.05) is 52.3 Å². The minimum Gasteiger partial charge on any atom is -0.372 e. The van der Waals surface area contributed by atoms with Crippen LogP contribution in [0, 0.1) is 17.8 Å². The lowest BCUT2D eigenvalue weighted by Crippen LogP contribution is -2.35. The zero-order valence-electron chi connectivity index (χ0n) is 26.7. The third kappa shape index (κ3) is 6.86. The van der Waals surface area contributed by atoms with Crippen LogP contribution in [0.3, 0.4) is 0 Å². The molecule has 1 unspecified atom stereocenters. The third-order valence-electron chi connectivity index (χ3n) is 10.1. The third-order valence-corrected chi connectivity index (χ3v) is 11.6. The first-order valence-corrected chi connectivity index (χ1v) is 18.0. The highest BCUT2D eigenvalue weighted by Gasteiger charge is 2.29. The van der Waals surface area contributed by atoms with E-state index in [0.717, 1.165) is 66.5 Å². The Morgan fingerprint density at radius 1 is 1.09 bits per heavy atom. The number of allylic oxidation sites excluding steroid dienone is 4. The van der Waals surface area contributed by atoms with E-state index >= 15 is 4.39 Å².